The Balaban J connectivity index is 0.00000205. The molecule has 0 unspecified atom stereocenters. The molecule has 1 saturated carbocycles. The second-order valence-corrected chi connectivity index (χ2v) is 6.99. The molecule has 1 N–H and O–H groups in total. The molecule has 6 heteroatoms. The molecular weight excluding hydrogens is 359 g/mol. The van der Waals surface area contributed by atoms with Crippen molar-refractivity contribution < 1.29 is 20.1 Å². The van der Waals surface area contributed by atoms with Crippen molar-refractivity contribution in [1.82, 2.24) is 4.98 Å². The summed E-state index contributed by atoms with van der Waals surface area (Å²) in [5, 5.41) is 2.90. The van der Waals surface area contributed by atoms with Crippen LogP contribution in [0, 0.1) is 5.82 Å². The van der Waals surface area contributed by atoms with E-state index in [2.05, 4.69) is 10.3 Å². The molecule has 2 aromatic carbocycles. The molecule has 0 saturated heterocycles. The minimum atomic E-state index is -0.587. The standard InChI is InChI=1S/C22H17FN2O3.H2/c23-16-5-2-1-4-15(16)17-6-3-7-20(24-17)25-21(26)22(10-11-22)14-8-9-18-19(12-14)28-13-27-18;/h1-9,12H,10-11,13H2,(H,24,25,26);1H. The number of rotatable bonds is 4. The third kappa shape index (κ3) is 2.78. The van der Waals surface area contributed by atoms with E-state index in [0.717, 1.165) is 18.4 Å². The van der Waals surface area contributed by atoms with Crippen LogP contribution in [0.25, 0.3) is 11.3 Å². The average molecular weight is 378 g/mol. The molecule has 1 aromatic heterocycles. The van der Waals surface area contributed by atoms with Gasteiger partial charge in [0.15, 0.2) is 11.5 Å². The van der Waals surface area contributed by atoms with Gasteiger partial charge in [-0.3, -0.25) is 4.79 Å². The van der Waals surface area contributed by atoms with Gasteiger partial charge in [0.1, 0.15) is 11.6 Å². The number of benzene rings is 2. The van der Waals surface area contributed by atoms with Crippen molar-refractivity contribution >= 4 is 11.7 Å². The molecule has 5 rings (SSSR count). The second kappa shape index (κ2) is 6.34. The number of carbonyl (C=O) groups is 1. The fourth-order valence-electron chi connectivity index (χ4n) is 3.53. The lowest BCUT2D eigenvalue weighted by atomic mass is 9.94. The maximum absolute atomic E-state index is 14.0. The third-order valence-electron chi connectivity index (χ3n) is 5.25. The molecular formula is C22H19FN2O3. The smallest absolute Gasteiger partial charge is 0.236 e. The minimum absolute atomic E-state index is 0. The SMILES string of the molecule is O=C(Nc1cccc(-c2ccccc2F)n1)C1(c2ccc3c(c2)OCO3)CC1.[HH]. The van der Waals surface area contributed by atoms with E-state index in [9.17, 15) is 9.18 Å². The van der Waals surface area contributed by atoms with Crippen molar-refractivity contribution in [1.29, 1.82) is 0 Å². The molecule has 1 amide bonds. The van der Waals surface area contributed by atoms with Crippen molar-refractivity contribution in [3.05, 3.63) is 72.0 Å². The number of nitrogens with one attached hydrogen (secondary N) is 1. The second-order valence-electron chi connectivity index (χ2n) is 6.99. The van der Waals surface area contributed by atoms with Crippen LogP contribution >= 0.6 is 0 Å². The van der Waals surface area contributed by atoms with Gasteiger partial charge in [0.2, 0.25) is 12.7 Å². The van der Waals surface area contributed by atoms with E-state index in [4.69, 9.17) is 9.47 Å². The van der Waals surface area contributed by atoms with Crippen LogP contribution in [0.1, 0.15) is 19.8 Å². The average Bonchev–Trinajstić information content (AvgIpc) is 3.40. The molecule has 5 nitrogen and oxygen atoms in total. The van der Waals surface area contributed by atoms with Crippen molar-refractivity contribution in [3.8, 4) is 22.8 Å². The normalized spacial score (nSPS) is 15.9. The summed E-state index contributed by atoms with van der Waals surface area (Å²) in [5.41, 5.74) is 1.19. The summed E-state index contributed by atoms with van der Waals surface area (Å²) >= 11 is 0. The molecule has 28 heavy (non-hydrogen) atoms. The monoisotopic (exact) mass is 378 g/mol. The Labute approximate surface area is 162 Å². The lowest BCUT2D eigenvalue weighted by Gasteiger charge is -2.16. The highest BCUT2D eigenvalue weighted by Crippen LogP contribution is 2.51. The molecule has 1 fully saturated rings. The Hall–Kier alpha value is -3.41. The first kappa shape index (κ1) is 16.7. The van der Waals surface area contributed by atoms with Crippen LogP contribution in [-0.2, 0) is 10.2 Å². The lowest BCUT2D eigenvalue weighted by Crippen LogP contribution is -2.28. The van der Waals surface area contributed by atoms with Gasteiger partial charge in [-0.2, -0.15) is 0 Å². The minimum Gasteiger partial charge on any atom is -0.454 e. The van der Waals surface area contributed by atoms with Crippen LogP contribution in [0.4, 0.5) is 10.2 Å². The number of ether oxygens (including phenoxy) is 2. The molecule has 2 aliphatic rings. The number of hydrogen-bond donors (Lipinski definition) is 1. The summed E-state index contributed by atoms with van der Waals surface area (Å²) in [6.45, 7) is 0.199. The maximum Gasteiger partial charge on any atom is 0.236 e. The summed E-state index contributed by atoms with van der Waals surface area (Å²) in [7, 11) is 0. The van der Waals surface area contributed by atoms with Gasteiger partial charge in [-0.05, 0) is 54.8 Å². The molecule has 2 heterocycles. The summed E-state index contributed by atoms with van der Waals surface area (Å²) in [6.07, 6.45) is 1.51. The Morgan fingerprint density at radius 3 is 2.68 bits per heavy atom. The van der Waals surface area contributed by atoms with Crippen molar-refractivity contribution in [2.24, 2.45) is 0 Å². The Bertz CT molecular complexity index is 1090. The van der Waals surface area contributed by atoms with Gasteiger partial charge in [0, 0.05) is 6.99 Å². The fraction of sp³-hybridized carbons (Fsp3) is 0.182. The highest BCUT2D eigenvalue weighted by atomic mass is 19.1. The summed E-state index contributed by atoms with van der Waals surface area (Å²) in [6, 6.07) is 17.2. The molecule has 1 aliphatic heterocycles. The maximum atomic E-state index is 14.0. The quantitative estimate of drug-likeness (QED) is 0.724. The van der Waals surface area contributed by atoms with Crippen molar-refractivity contribution in [3.63, 3.8) is 0 Å². The molecule has 0 radical (unpaired) electrons. The van der Waals surface area contributed by atoms with Gasteiger partial charge in [-0.15, -0.1) is 0 Å². The van der Waals surface area contributed by atoms with Crippen molar-refractivity contribution in [2.75, 3.05) is 12.1 Å². The van der Waals surface area contributed by atoms with Crippen molar-refractivity contribution in [2.45, 2.75) is 18.3 Å². The van der Waals surface area contributed by atoms with Gasteiger partial charge in [-0.25, -0.2) is 9.37 Å². The first-order chi connectivity index (χ1) is 13.7. The lowest BCUT2D eigenvalue weighted by molar-refractivity contribution is -0.118. The molecule has 0 atom stereocenters. The summed E-state index contributed by atoms with van der Waals surface area (Å²) in [5.74, 6) is 1.29. The van der Waals surface area contributed by atoms with Gasteiger partial charge in [0.05, 0.1) is 11.1 Å². The number of fused-ring (bicyclic) bond motifs is 1. The zero-order chi connectivity index (χ0) is 19.1. The number of aromatic nitrogens is 1. The predicted octanol–water partition coefficient (Wildman–Crippen LogP) is 4.53. The van der Waals surface area contributed by atoms with E-state index in [1.807, 2.05) is 18.2 Å². The first-order valence-corrected chi connectivity index (χ1v) is 9.09. The van der Waals surface area contributed by atoms with E-state index in [1.165, 1.54) is 6.07 Å². The Morgan fingerprint density at radius 1 is 1.04 bits per heavy atom. The highest BCUT2D eigenvalue weighted by molar-refractivity contribution is 6.01. The number of halogens is 1. The predicted molar refractivity (Wildman–Crippen MR) is 104 cm³/mol. The first-order valence-electron chi connectivity index (χ1n) is 9.09. The molecule has 1 aliphatic carbocycles. The number of pyridine rings is 1. The zero-order valence-electron chi connectivity index (χ0n) is 14.9. The molecule has 0 bridgehead atoms. The highest BCUT2D eigenvalue weighted by Gasteiger charge is 2.51. The van der Waals surface area contributed by atoms with Crippen LogP contribution in [0.5, 0.6) is 11.5 Å². The largest absolute Gasteiger partial charge is 0.454 e. The number of hydrogen-bond acceptors (Lipinski definition) is 4. The van der Waals surface area contributed by atoms with Crippen LogP contribution in [-0.4, -0.2) is 17.7 Å². The number of nitrogens with zero attached hydrogens (tertiary/aromatic N) is 1. The van der Waals surface area contributed by atoms with E-state index in [0.29, 0.717) is 28.6 Å². The Kier molecular flexibility index (Phi) is 3.79. The molecule has 3 aromatic rings. The molecule has 142 valence electrons. The van der Waals surface area contributed by atoms with Crippen LogP contribution in [0.2, 0.25) is 0 Å². The van der Waals surface area contributed by atoms with Gasteiger partial charge >= 0.3 is 0 Å². The van der Waals surface area contributed by atoms with Gasteiger partial charge in [0.25, 0.3) is 0 Å². The van der Waals surface area contributed by atoms with Gasteiger partial charge < -0.3 is 14.8 Å². The number of anilines is 1. The fourth-order valence-corrected chi connectivity index (χ4v) is 3.53. The zero-order valence-corrected chi connectivity index (χ0v) is 14.9. The van der Waals surface area contributed by atoms with E-state index in [1.54, 1.807) is 36.4 Å². The number of amides is 1. The molecule has 0 spiro atoms. The Morgan fingerprint density at radius 2 is 1.86 bits per heavy atom. The van der Waals surface area contributed by atoms with Crippen LogP contribution < -0.4 is 14.8 Å². The van der Waals surface area contributed by atoms with Gasteiger partial charge in [-0.1, -0.05) is 24.3 Å². The number of carbonyl (C=O) groups excluding carboxylic acids is 1. The van der Waals surface area contributed by atoms with E-state index in [-0.39, 0.29) is 19.9 Å². The summed E-state index contributed by atoms with van der Waals surface area (Å²) < 4.78 is 24.8. The topological polar surface area (TPSA) is 60.5 Å². The van der Waals surface area contributed by atoms with Crippen LogP contribution in [0.15, 0.2) is 60.7 Å². The third-order valence-corrected chi connectivity index (χ3v) is 5.25. The summed E-state index contributed by atoms with van der Waals surface area (Å²) in [4.78, 5) is 17.4. The van der Waals surface area contributed by atoms with Crippen LogP contribution in [0.3, 0.4) is 0 Å². The van der Waals surface area contributed by atoms with E-state index >= 15 is 0 Å². The van der Waals surface area contributed by atoms with E-state index < -0.39 is 5.41 Å².